The molecule has 0 spiro atoms. The van der Waals surface area contributed by atoms with Gasteiger partial charge in [0.05, 0.1) is 0 Å². The van der Waals surface area contributed by atoms with E-state index in [0.29, 0.717) is 6.54 Å². The van der Waals surface area contributed by atoms with Gasteiger partial charge in [-0.3, -0.25) is 4.79 Å². The largest absolute Gasteiger partial charge is 0.396 e. The molecule has 1 amide bonds. The van der Waals surface area contributed by atoms with E-state index in [1.807, 2.05) is 18.2 Å². The molecule has 0 saturated carbocycles. The van der Waals surface area contributed by atoms with E-state index in [1.165, 1.54) is 23.3 Å². The molecule has 0 heterocycles. The summed E-state index contributed by atoms with van der Waals surface area (Å²) in [4.78, 5) is 10.9. The van der Waals surface area contributed by atoms with Crippen LogP contribution in [0.4, 0.5) is 0 Å². The van der Waals surface area contributed by atoms with Crippen LogP contribution in [0.3, 0.4) is 0 Å². The Morgan fingerprint density at radius 2 is 1.95 bits per heavy atom. The highest BCUT2D eigenvalue weighted by molar-refractivity contribution is 5.85. The number of carbonyl (C=O) groups excluding carboxylic acids is 1. The maximum absolute atomic E-state index is 10.9. The Bertz CT molecular complexity index is 560. The smallest absolute Gasteiger partial charge is 0.216 e. The van der Waals surface area contributed by atoms with Gasteiger partial charge < -0.3 is 10.4 Å². The molecule has 1 atom stereocenters. The molecule has 100 valence electrons. The average molecular weight is 257 g/mol. The van der Waals surface area contributed by atoms with Crippen LogP contribution >= 0.6 is 0 Å². The predicted molar refractivity (Wildman–Crippen MR) is 76.9 cm³/mol. The van der Waals surface area contributed by atoms with Crippen molar-refractivity contribution in [1.82, 2.24) is 5.32 Å². The fraction of sp³-hybridized carbons (Fsp3) is 0.312. The highest BCUT2D eigenvalue weighted by atomic mass is 16.3. The molecule has 2 aromatic rings. The zero-order valence-electron chi connectivity index (χ0n) is 11.1. The molecular formula is C16H19NO2. The van der Waals surface area contributed by atoms with Gasteiger partial charge in [0.15, 0.2) is 0 Å². The second kappa shape index (κ2) is 6.34. The minimum Gasteiger partial charge on any atom is -0.396 e. The Balaban J connectivity index is 2.17. The molecule has 2 aromatic carbocycles. The summed E-state index contributed by atoms with van der Waals surface area (Å²) in [6.45, 7) is 2.07. The number of amides is 1. The van der Waals surface area contributed by atoms with E-state index >= 15 is 0 Å². The topological polar surface area (TPSA) is 49.3 Å². The fourth-order valence-electron chi connectivity index (χ4n) is 2.27. The summed E-state index contributed by atoms with van der Waals surface area (Å²) in [6.07, 6.45) is 0.762. The van der Waals surface area contributed by atoms with E-state index < -0.39 is 0 Å². The summed E-state index contributed by atoms with van der Waals surface area (Å²) in [5, 5.41) is 14.6. The lowest BCUT2D eigenvalue weighted by Crippen LogP contribution is -2.30. The first-order valence-electron chi connectivity index (χ1n) is 6.52. The van der Waals surface area contributed by atoms with Crippen LogP contribution in [-0.4, -0.2) is 24.2 Å². The second-order valence-electron chi connectivity index (χ2n) is 4.83. The van der Waals surface area contributed by atoms with Crippen molar-refractivity contribution in [3.05, 3.63) is 48.0 Å². The van der Waals surface area contributed by atoms with Gasteiger partial charge in [-0.15, -0.1) is 0 Å². The molecule has 0 aliphatic carbocycles. The summed E-state index contributed by atoms with van der Waals surface area (Å²) in [6, 6.07) is 14.4. The first kappa shape index (κ1) is 13.6. The lowest BCUT2D eigenvalue weighted by molar-refractivity contribution is -0.119. The molecule has 1 unspecified atom stereocenters. The summed E-state index contributed by atoms with van der Waals surface area (Å²) >= 11 is 0. The predicted octanol–water partition coefficient (Wildman–Crippen LogP) is 2.13. The Kier molecular flexibility index (Phi) is 4.53. The number of hydrogen-bond acceptors (Lipinski definition) is 2. The van der Waals surface area contributed by atoms with Crippen molar-refractivity contribution < 1.29 is 9.90 Å². The molecule has 0 radical (unpaired) electrons. The summed E-state index contributed by atoms with van der Waals surface area (Å²) in [5.41, 5.74) is 1.21. The minimum atomic E-state index is -0.0589. The Labute approximate surface area is 113 Å². The van der Waals surface area contributed by atoms with Crippen molar-refractivity contribution in [2.45, 2.75) is 13.3 Å². The molecule has 0 aromatic heterocycles. The van der Waals surface area contributed by atoms with Crippen LogP contribution in [0.15, 0.2) is 42.5 Å². The molecule has 2 N–H and O–H groups in total. The molecule has 0 fully saturated rings. The van der Waals surface area contributed by atoms with Crippen molar-refractivity contribution in [2.24, 2.45) is 5.92 Å². The molecule has 19 heavy (non-hydrogen) atoms. The van der Waals surface area contributed by atoms with E-state index in [-0.39, 0.29) is 18.4 Å². The number of hydrogen-bond donors (Lipinski definition) is 2. The Morgan fingerprint density at radius 1 is 1.21 bits per heavy atom. The molecule has 3 nitrogen and oxygen atoms in total. The first-order valence-corrected chi connectivity index (χ1v) is 6.52. The van der Waals surface area contributed by atoms with Gasteiger partial charge in [-0.2, -0.15) is 0 Å². The molecule has 0 saturated heterocycles. The van der Waals surface area contributed by atoms with Crippen LogP contribution in [-0.2, 0) is 11.2 Å². The third-order valence-corrected chi connectivity index (χ3v) is 3.29. The number of benzene rings is 2. The number of aliphatic hydroxyl groups excluding tert-OH is 1. The Hall–Kier alpha value is -1.87. The summed E-state index contributed by atoms with van der Waals surface area (Å²) in [5.74, 6) is -0.00826. The first-order chi connectivity index (χ1) is 9.20. The van der Waals surface area contributed by atoms with Crippen molar-refractivity contribution in [3.63, 3.8) is 0 Å². The average Bonchev–Trinajstić information content (AvgIpc) is 2.43. The molecule has 0 aliphatic rings. The number of carbonyl (C=O) groups is 1. The van der Waals surface area contributed by atoms with Gasteiger partial charge in [0.1, 0.15) is 0 Å². The summed E-state index contributed by atoms with van der Waals surface area (Å²) in [7, 11) is 0. The number of rotatable bonds is 5. The Morgan fingerprint density at radius 3 is 2.68 bits per heavy atom. The van der Waals surface area contributed by atoms with Crippen molar-refractivity contribution in [2.75, 3.05) is 13.2 Å². The van der Waals surface area contributed by atoms with Gasteiger partial charge in [0.2, 0.25) is 5.91 Å². The van der Waals surface area contributed by atoms with E-state index in [9.17, 15) is 9.90 Å². The SMILES string of the molecule is CC(=O)NCC(CO)Cc1cccc2ccccc12. The van der Waals surface area contributed by atoms with Gasteiger partial charge in [-0.05, 0) is 22.8 Å². The zero-order chi connectivity index (χ0) is 13.7. The lowest BCUT2D eigenvalue weighted by atomic mass is 9.95. The van der Waals surface area contributed by atoms with Crippen LogP contribution < -0.4 is 5.32 Å². The van der Waals surface area contributed by atoms with Crippen LogP contribution in [0.1, 0.15) is 12.5 Å². The van der Waals surface area contributed by atoms with Gasteiger partial charge >= 0.3 is 0 Å². The van der Waals surface area contributed by atoms with E-state index in [0.717, 1.165) is 6.42 Å². The van der Waals surface area contributed by atoms with E-state index in [4.69, 9.17) is 0 Å². The highest BCUT2D eigenvalue weighted by Gasteiger charge is 2.11. The van der Waals surface area contributed by atoms with E-state index in [1.54, 1.807) is 0 Å². The van der Waals surface area contributed by atoms with Gasteiger partial charge in [-0.1, -0.05) is 42.5 Å². The van der Waals surface area contributed by atoms with Crippen molar-refractivity contribution in [3.8, 4) is 0 Å². The number of aliphatic hydroxyl groups is 1. The monoisotopic (exact) mass is 257 g/mol. The highest BCUT2D eigenvalue weighted by Crippen LogP contribution is 2.21. The third kappa shape index (κ3) is 3.55. The molecule has 0 aliphatic heterocycles. The maximum atomic E-state index is 10.9. The van der Waals surface area contributed by atoms with Crippen LogP contribution in [0, 0.1) is 5.92 Å². The van der Waals surface area contributed by atoms with Crippen molar-refractivity contribution in [1.29, 1.82) is 0 Å². The standard InChI is InChI=1S/C16H19NO2/c1-12(19)17-10-13(11-18)9-15-7-4-6-14-5-2-3-8-16(14)15/h2-8,13,18H,9-11H2,1H3,(H,17,19). The van der Waals surface area contributed by atoms with Crippen LogP contribution in [0.2, 0.25) is 0 Å². The summed E-state index contributed by atoms with van der Waals surface area (Å²) < 4.78 is 0. The lowest BCUT2D eigenvalue weighted by Gasteiger charge is -2.16. The number of nitrogens with one attached hydrogen (secondary N) is 1. The normalized spacial score (nSPS) is 12.3. The van der Waals surface area contributed by atoms with Crippen LogP contribution in [0.5, 0.6) is 0 Å². The van der Waals surface area contributed by atoms with E-state index in [2.05, 4.69) is 29.6 Å². The maximum Gasteiger partial charge on any atom is 0.216 e. The van der Waals surface area contributed by atoms with Gasteiger partial charge in [-0.25, -0.2) is 0 Å². The zero-order valence-corrected chi connectivity index (χ0v) is 11.1. The third-order valence-electron chi connectivity index (χ3n) is 3.29. The fourth-order valence-corrected chi connectivity index (χ4v) is 2.27. The molecule has 3 heteroatoms. The van der Waals surface area contributed by atoms with Crippen LogP contribution in [0.25, 0.3) is 10.8 Å². The second-order valence-corrected chi connectivity index (χ2v) is 4.83. The molecule has 0 bridgehead atoms. The minimum absolute atomic E-state index is 0.0507. The molecule has 2 rings (SSSR count). The quantitative estimate of drug-likeness (QED) is 0.862. The molecular weight excluding hydrogens is 238 g/mol. The van der Waals surface area contributed by atoms with Gasteiger partial charge in [0, 0.05) is 26.0 Å². The number of fused-ring (bicyclic) bond motifs is 1. The van der Waals surface area contributed by atoms with Crippen molar-refractivity contribution >= 4 is 16.7 Å². The van der Waals surface area contributed by atoms with Gasteiger partial charge in [0.25, 0.3) is 0 Å².